The number of carbonyl (C=O) groups is 1. The number of carbonyl (C=O) groups excluding carboxylic acids is 1. The van der Waals surface area contributed by atoms with E-state index in [9.17, 15) is 4.79 Å². The van der Waals surface area contributed by atoms with Gasteiger partial charge in [-0.1, -0.05) is 30.3 Å². The third-order valence-electron chi connectivity index (χ3n) is 3.68. The molecule has 0 radical (unpaired) electrons. The fourth-order valence-corrected chi connectivity index (χ4v) is 2.69. The maximum atomic E-state index is 11.9. The van der Waals surface area contributed by atoms with Crippen LogP contribution < -0.4 is 0 Å². The Labute approximate surface area is 115 Å². The highest BCUT2D eigenvalue weighted by Crippen LogP contribution is 2.26. The van der Waals surface area contributed by atoms with Crippen LogP contribution in [-0.4, -0.2) is 25.6 Å². The SMILES string of the molecule is O=C1CCCc2c1nnc1c(-c3ccccc3)cnn21. The molecule has 5 heteroatoms. The van der Waals surface area contributed by atoms with Crippen molar-refractivity contribution in [1.82, 2.24) is 19.8 Å². The number of nitrogens with zero attached hydrogens (tertiary/aromatic N) is 4. The molecule has 1 aromatic carbocycles. The van der Waals surface area contributed by atoms with Crippen molar-refractivity contribution in [3.05, 3.63) is 47.9 Å². The largest absolute Gasteiger partial charge is 0.292 e. The summed E-state index contributed by atoms with van der Waals surface area (Å²) in [6, 6.07) is 9.97. The molecule has 2 aromatic heterocycles. The highest BCUT2D eigenvalue weighted by atomic mass is 16.1. The van der Waals surface area contributed by atoms with Gasteiger partial charge in [0, 0.05) is 12.0 Å². The molecule has 1 aliphatic carbocycles. The molecule has 0 N–H and O–H groups in total. The van der Waals surface area contributed by atoms with Crippen molar-refractivity contribution in [2.75, 3.05) is 0 Å². The molecular formula is C15H12N4O. The smallest absolute Gasteiger partial charge is 0.185 e. The average molecular weight is 264 g/mol. The molecule has 20 heavy (non-hydrogen) atoms. The summed E-state index contributed by atoms with van der Waals surface area (Å²) in [4.78, 5) is 11.9. The minimum atomic E-state index is 0.0670. The summed E-state index contributed by atoms with van der Waals surface area (Å²) in [5.74, 6) is 0.0670. The number of benzene rings is 1. The lowest BCUT2D eigenvalue weighted by molar-refractivity contribution is 0.0964. The zero-order valence-electron chi connectivity index (χ0n) is 10.8. The molecule has 0 saturated heterocycles. The van der Waals surface area contributed by atoms with Crippen molar-refractivity contribution in [3.63, 3.8) is 0 Å². The molecule has 3 aromatic rings. The Morgan fingerprint density at radius 2 is 1.90 bits per heavy atom. The van der Waals surface area contributed by atoms with Crippen LogP contribution in [0.4, 0.5) is 0 Å². The zero-order chi connectivity index (χ0) is 13.5. The quantitative estimate of drug-likeness (QED) is 0.676. The first-order chi connectivity index (χ1) is 9.84. The van der Waals surface area contributed by atoms with Gasteiger partial charge in [0.1, 0.15) is 0 Å². The van der Waals surface area contributed by atoms with Crippen molar-refractivity contribution in [3.8, 4) is 11.1 Å². The van der Waals surface area contributed by atoms with Gasteiger partial charge in [0.05, 0.1) is 11.9 Å². The van der Waals surface area contributed by atoms with E-state index in [4.69, 9.17) is 0 Å². The van der Waals surface area contributed by atoms with Crippen LogP contribution >= 0.6 is 0 Å². The lowest BCUT2D eigenvalue weighted by Crippen LogP contribution is -2.18. The minimum absolute atomic E-state index is 0.0670. The van der Waals surface area contributed by atoms with E-state index in [-0.39, 0.29) is 5.78 Å². The topological polar surface area (TPSA) is 60.2 Å². The lowest BCUT2D eigenvalue weighted by Gasteiger charge is -2.13. The second-order valence-electron chi connectivity index (χ2n) is 4.93. The first-order valence-corrected chi connectivity index (χ1v) is 6.66. The summed E-state index contributed by atoms with van der Waals surface area (Å²) < 4.78 is 1.77. The van der Waals surface area contributed by atoms with Gasteiger partial charge in [0.25, 0.3) is 0 Å². The number of aryl methyl sites for hydroxylation is 1. The molecular weight excluding hydrogens is 252 g/mol. The maximum Gasteiger partial charge on any atom is 0.185 e. The summed E-state index contributed by atoms with van der Waals surface area (Å²) in [6.07, 6.45) is 4.02. The Morgan fingerprint density at radius 1 is 1.05 bits per heavy atom. The molecule has 0 saturated carbocycles. The van der Waals surface area contributed by atoms with E-state index in [1.54, 1.807) is 10.7 Å². The Kier molecular flexibility index (Phi) is 2.39. The molecule has 0 bridgehead atoms. The van der Waals surface area contributed by atoms with Gasteiger partial charge in [-0.25, -0.2) is 4.52 Å². The summed E-state index contributed by atoms with van der Waals surface area (Å²) in [5, 5.41) is 12.7. The summed E-state index contributed by atoms with van der Waals surface area (Å²) in [6.45, 7) is 0. The van der Waals surface area contributed by atoms with E-state index in [2.05, 4.69) is 15.3 Å². The van der Waals surface area contributed by atoms with Gasteiger partial charge >= 0.3 is 0 Å². The van der Waals surface area contributed by atoms with Gasteiger partial charge in [-0.15, -0.1) is 10.2 Å². The number of Topliss-reactive ketones (excluding diaryl/α,β-unsaturated/α-hetero) is 1. The minimum Gasteiger partial charge on any atom is -0.292 e. The molecule has 4 rings (SSSR count). The van der Waals surface area contributed by atoms with Crippen LogP contribution in [0.25, 0.3) is 16.8 Å². The first kappa shape index (κ1) is 11.3. The fraction of sp³-hybridized carbons (Fsp3) is 0.200. The van der Waals surface area contributed by atoms with Crippen molar-refractivity contribution < 1.29 is 4.79 Å². The molecule has 98 valence electrons. The van der Waals surface area contributed by atoms with Crippen molar-refractivity contribution >= 4 is 11.4 Å². The molecule has 5 nitrogen and oxygen atoms in total. The highest BCUT2D eigenvalue weighted by Gasteiger charge is 2.23. The summed E-state index contributed by atoms with van der Waals surface area (Å²) in [7, 11) is 0. The number of hydrogen-bond donors (Lipinski definition) is 0. The molecule has 0 atom stereocenters. The van der Waals surface area contributed by atoms with Crippen LogP contribution in [0.15, 0.2) is 36.5 Å². The molecule has 0 fully saturated rings. The third kappa shape index (κ3) is 1.56. The second-order valence-corrected chi connectivity index (χ2v) is 4.93. The van der Waals surface area contributed by atoms with E-state index in [0.717, 1.165) is 29.7 Å². The third-order valence-corrected chi connectivity index (χ3v) is 3.68. The van der Waals surface area contributed by atoms with Gasteiger partial charge in [-0.2, -0.15) is 5.10 Å². The van der Waals surface area contributed by atoms with Crippen LogP contribution in [-0.2, 0) is 6.42 Å². The van der Waals surface area contributed by atoms with E-state index in [1.807, 2.05) is 30.3 Å². The van der Waals surface area contributed by atoms with E-state index < -0.39 is 0 Å². The number of hydrogen-bond acceptors (Lipinski definition) is 4. The van der Waals surface area contributed by atoms with E-state index in [1.165, 1.54) is 0 Å². The van der Waals surface area contributed by atoms with Crippen LogP contribution in [0.2, 0.25) is 0 Å². The Hall–Kier alpha value is -2.56. The normalized spacial score (nSPS) is 14.5. The van der Waals surface area contributed by atoms with Crippen molar-refractivity contribution in [2.24, 2.45) is 0 Å². The number of rotatable bonds is 1. The molecule has 0 spiro atoms. The number of fused-ring (bicyclic) bond motifs is 3. The molecule has 0 aliphatic heterocycles. The first-order valence-electron chi connectivity index (χ1n) is 6.66. The van der Waals surface area contributed by atoms with E-state index >= 15 is 0 Å². The van der Waals surface area contributed by atoms with Crippen LogP contribution in [0.3, 0.4) is 0 Å². The van der Waals surface area contributed by atoms with Crippen LogP contribution in [0.1, 0.15) is 29.0 Å². The van der Waals surface area contributed by atoms with Crippen LogP contribution in [0, 0.1) is 0 Å². The van der Waals surface area contributed by atoms with Crippen molar-refractivity contribution in [2.45, 2.75) is 19.3 Å². The van der Waals surface area contributed by atoms with Crippen LogP contribution in [0.5, 0.6) is 0 Å². The van der Waals surface area contributed by atoms with Crippen molar-refractivity contribution in [1.29, 1.82) is 0 Å². The fourth-order valence-electron chi connectivity index (χ4n) is 2.69. The van der Waals surface area contributed by atoms with Gasteiger partial charge < -0.3 is 0 Å². The summed E-state index contributed by atoms with van der Waals surface area (Å²) in [5.41, 5.74) is 4.07. The maximum absolute atomic E-state index is 11.9. The average Bonchev–Trinajstić information content (AvgIpc) is 2.93. The summed E-state index contributed by atoms with van der Waals surface area (Å²) >= 11 is 0. The molecule has 2 heterocycles. The number of aromatic nitrogens is 4. The predicted molar refractivity (Wildman–Crippen MR) is 73.5 cm³/mol. The zero-order valence-corrected chi connectivity index (χ0v) is 10.8. The standard InChI is InChI=1S/C15H12N4O/c20-13-8-4-7-12-14(13)17-18-15-11(9-16-19(12)15)10-5-2-1-3-6-10/h1-3,5-6,9H,4,7-8H2. The molecule has 0 unspecified atom stereocenters. The van der Waals surface area contributed by atoms with Gasteiger partial charge in [-0.3, -0.25) is 4.79 Å². The second kappa shape index (κ2) is 4.23. The Morgan fingerprint density at radius 3 is 2.75 bits per heavy atom. The monoisotopic (exact) mass is 264 g/mol. The molecule has 1 aliphatic rings. The van der Waals surface area contributed by atoms with Gasteiger partial charge in [-0.05, 0) is 18.4 Å². The predicted octanol–water partition coefficient (Wildman–Crippen LogP) is 2.31. The van der Waals surface area contributed by atoms with Gasteiger partial charge in [0.2, 0.25) is 0 Å². The Bertz CT molecular complexity index is 807. The highest BCUT2D eigenvalue weighted by molar-refractivity contribution is 5.96. The molecule has 0 amide bonds. The lowest BCUT2D eigenvalue weighted by atomic mass is 9.99. The van der Waals surface area contributed by atoms with Gasteiger partial charge in [0.15, 0.2) is 17.1 Å². The van der Waals surface area contributed by atoms with E-state index in [0.29, 0.717) is 17.8 Å². The number of ketones is 1. The Balaban J connectivity index is 1.97.